The molecule has 112 valence electrons. The van der Waals surface area contributed by atoms with E-state index >= 15 is 0 Å². The third-order valence-electron chi connectivity index (χ3n) is 2.99. The third-order valence-corrected chi connectivity index (χ3v) is 2.99. The Kier molecular flexibility index (Phi) is 5.28. The fraction of sp³-hybridized carbons (Fsp3) is 0.500. The molecule has 0 saturated heterocycles. The molecule has 0 unspecified atom stereocenters. The number of hydrogen-bond acceptors (Lipinski definition) is 2. The van der Waals surface area contributed by atoms with Gasteiger partial charge in [0.1, 0.15) is 13.2 Å². The fourth-order valence-corrected chi connectivity index (χ4v) is 1.68. The van der Waals surface area contributed by atoms with E-state index in [-0.39, 0.29) is 0 Å². The van der Waals surface area contributed by atoms with Crippen LogP contribution in [0.25, 0.3) is 0 Å². The monoisotopic (exact) mass is 292 g/mol. The van der Waals surface area contributed by atoms with E-state index in [1.54, 1.807) is 19.1 Å². The standard InChI is InChI=1S/C14H16F4O2/c1-8-4-10(3)11(5-9(8)2)12(19)6-20-7-14(17,18)13(15)16/h4-5,13H,6-7H2,1-3H3. The molecule has 0 bridgehead atoms. The Morgan fingerprint density at radius 3 is 2.25 bits per heavy atom. The van der Waals surface area contributed by atoms with Gasteiger partial charge in [0.2, 0.25) is 0 Å². The summed E-state index contributed by atoms with van der Waals surface area (Å²) in [4.78, 5) is 11.8. The lowest BCUT2D eigenvalue weighted by molar-refractivity contribution is -0.163. The number of halogens is 4. The molecule has 0 saturated carbocycles. The molecule has 0 aromatic heterocycles. The number of benzene rings is 1. The van der Waals surface area contributed by atoms with Gasteiger partial charge < -0.3 is 4.74 Å². The van der Waals surface area contributed by atoms with Gasteiger partial charge in [0.05, 0.1) is 0 Å². The van der Waals surface area contributed by atoms with Gasteiger partial charge in [-0.3, -0.25) is 4.79 Å². The van der Waals surface area contributed by atoms with E-state index in [0.717, 1.165) is 11.1 Å². The molecule has 1 aromatic rings. The fourth-order valence-electron chi connectivity index (χ4n) is 1.68. The number of carbonyl (C=O) groups is 1. The second-order valence-electron chi connectivity index (χ2n) is 4.73. The van der Waals surface area contributed by atoms with E-state index in [1.807, 2.05) is 13.8 Å². The number of alkyl halides is 4. The zero-order valence-corrected chi connectivity index (χ0v) is 11.5. The molecule has 0 aliphatic heterocycles. The summed E-state index contributed by atoms with van der Waals surface area (Å²) in [5, 5.41) is 0. The zero-order chi connectivity index (χ0) is 15.5. The maximum Gasteiger partial charge on any atom is 0.330 e. The smallest absolute Gasteiger partial charge is 0.330 e. The molecule has 20 heavy (non-hydrogen) atoms. The van der Waals surface area contributed by atoms with Crippen molar-refractivity contribution in [3.63, 3.8) is 0 Å². The van der Waals surface area contributed by atoms with Crippen LogP contribution in [-0.4, -0.2) is 31.3 Å². The van der Waals surface area contributed by atoms with E-state index in [0.29, 0.717) is 11.1 Å². The summed E-state index contributed by atoms with van der Waals surface area (Å²) >= 11 is 0. The van der Waals surface area contributed by atoms with E-state index < -0.39 is 31.3 Å². The average Bonchev–Trinajstić information content (AvgIpc) is 2.33. The number of Topliss-reactive ketones (excluding diaryl/α,β-unsaturated/α-hetero) is 1. The Balaban J connectivity index is 2.67. The summed E-state index contributed by atoms with van der Waals surface area (Å²) in [6, 6.07) is 3.44. The average molecular weight is 292 g/mol. The molecule has 0 amide bonds. The lowest BCUT2D eigenvalue weighted by Crippen LogP contribution is -2.33. The van der Waals surface area contributed by atoms with Crippen LogP contribution in [0.3, 0.4) is 0 Å². The quantitative estimate of drug-likeness (QED) is 0.590. The number of carbonyl (C=O) groups excluding carboxylic acids is 1. The summed E-state index contributed by atoms with van der Waals surface area (Å²) in [6.07, 6.45) is -3.80. The van der Waals surface area contributed by atoms with Crippen molar-refractivity contribution in [1.29, 1.82) is 0 Å². The van der Waals surface area contributed by atoms with Crippen LogP contribution in [0, 0.1) is 20.8 Å². The highest BCUT2D eigenvalue weighted by molar-refractivity contribution is 5.98. The SMILES string of the molecule is Cc1cc(C)c(C(=O)COCC(F)(F)C(F)F)cc1C. The van der Waals surface area contributed by atoms with Gasteiger partial charge >= 0.3 is 12.3 Å². The van der Waals surface area contributed by atoms with Crippen molar-refractivity contribution >= 4 is 5.78 Å². The van der Waals surface area contributed by atoms with Crippen molar-refractivity contribution in [3.8, 4) is 0 Å². The zero-order valence-electron chi connectivity index (χ0n) is 11.5. The summed E-state index contributed by atoms with van der Waals surface area (Å²) in [5.41, 5.74) is 2.94. The minimum Gasteiger partial charge on any atom is -0.367 e. The molecule has 0 N–H and O–H groups in total. The Bertz CT molecular complexity index is 498. The van der Waals surface area contributed by atoms with Crippen molar-refractivity contribution in [2.45, 2.75) is 33.1 Å². The molecule has 0 radical (unpaired) electrons. The van der Waals surface area contributed by atoms with Gasteiger partial charge in [-0.2, -0.15) is 8.78 Å². The van der Waals surface area contributed by atoms with E-state index in [1.165, 1.54) is 0 Å². The summed E-state index contributed by atoms with van der Waals surface area (Å²) in [7, 11) is 0. The molecular weight excluding hydrogens is 276 g/mol. The predicted molar refractivity (Wildman–Crippen MR) is 66.8 cm³/mol. The second kappa shape index (κ2) is 6.35. The van der Waals surface area contributed by atoms with Gasteiger partial charge in [-0.15, -0.1) is 0 Å². The first-order valence-corrected chi connectivity index (χ1v) is 6.00. The highest BCUT2D eigenvalue weighted by Crippen LogP contribution is 2.23. The Labute approximate surface area is 114 Å². The minimum atomic E-state index is -4.24. The second-order valence-corrected chi connectivity index (χ2v) is 4.73. The molecule has 1 rings (SSSR count). The molecule has 0 atom stereocenters. The summed E-state index contributed by atoms with van der Waals surface area (Å²) in [6.45, 7) is 3.30. The van der Waals surface area contributed by atoms with E-state index in [2.05, 4.69) is 4.74 Å². The van der Waals surface area contributed by atoms with Gasteiger partial charge in [-0.05, 0) is 43.5 Å². The molecule has 0 aliphatic rings. The molecular formula is C14H16F4O2. The van der Waals surface area contributed by atoms with Crippen molar-refractivity contribution in [1.82, 2.24) is 0 Å². The van der Waals surface area contributed by atoms with Crippen LogP contribution in [-0.2, 0) is 4.74 Å². The van der Waals surface area contributed by atoms with Gasteiger partial charge in [0.25, 0.3) is 0 Å². The first-order chi connectivity index (χ1) is 9.15. The van der Waals surface area contributed by atoms with Crippen LogP contribution in [0.5, 0.6) is 0 Å². The van der Waals surface area contributed by atoms with Crippen molar-refractivity contribution in [3.05, 3.63) is 34.4 Å². The Hall–Kier alpha value is -1.43. The van der Waals surface area contributed by atoms with Crippen LogP contribution in [0.1, 0.15) is 27.0 Å². The number of aryl methyl sites for hydroxylation is 3. The van der Waals surface area contributed by atoms with Crippen molar-refractivity contribution in [2.75, 3.05) is 13.2 Å². The van der Waals surface area contributed by atoms with Crippen LogP contribution in [0.2, 0.25) is 0 Å². The number of ketones is 1. The van der Waals surface area contributed by atoms with Crippen LogP contribution >= 0.6 is 0 Å². The molecule has 0 heterocycles. The normalized spacial score (nSPS) is 12.0. The summed E-state index contributed by atoms with van der Waals surface area (Å²) in [5.74, 6) is -4.74. The molecule has 2 nitrogen and oxygen atoms in total. The van der Waals surface area contributed by atoms with Crippen molar-refractivity contribution < 1.29 is 27.1 Å². The lowest BCUT2D eigenvalue weighted by Gasteiger charge is -2.15. The lowest BCUT2D eigenvalue weighted by atomic mass is 9.98. The van der Waals surface area contributed by atoms with Crippen LogP contribution in [0.4, 0.5) is 17.6 Å². The Morgan fingerprint density at radius 1 is 1.15 bits per heavy atom. The molecule has 0 aliphatic carbocycles. The van der Waals surface area contributed by atoms with E-state index in [4.69, 9.17) is 0 Å². The van der Waals surface area contributed by atoms with E-state index in [9.17, 15) is 22.4 Å². The van der Waals surface area contributed by atoms with Crippen LogP contribution < -0.4 is 0 Å². The largest absolute Gasteiger partial charge is 0.367 e. The summed E-state index contributed by atoms with van der Waals surface area (Å²) < 4.78 is 53.5. The van der Waals surface area contributed by atoms with Gasteiger partial charge in [0.15, 0.2) is 5.78 Å². The highest BCUT2D eigenvalue weighted by Gasteiger charge is 2.41. The van der Waals surface area contributed by atoms with Crippen LogP contribution in [0.15, 0.2) is 12.1 Å². The molecule has 0 spiro atoms. The van der Waals surface area contributed by atoms with Crippen molar-refractivity contribution in [2.24, 2.45) is 0 Å². The predicted octanol–water partition coefficient (Wildman–Crippen LogP) is 3.71. The number of rotatable bonds is 6. The first kappa shape index (κ1) is 16.6. The number of hydrogen-bond donors (Lipinski definition) is 0. The number of ether oxygens (including phenoxy) is 1. The Morgan fingerprint density at radius 2 is 1.70 bits per heavy atom. The molecule has 6 heteroatoms. The minimum absolute atomic E-state index is 0.355. The first-order valence-electron chi connectivity index (χ1n) is 6.00. The molecule has 0 fully saturated rings. The van der Waals surface area contributed by atoms with Gasteiger partial charge in [0, 0.05) is 5.56 Å². The highest BCUT2D eigenvalue weighted by atomic mass is 19.3. The van der Waals surface area contributed by atoms with Gasteiger partial charge in [-0.25, -0.2) is 8.78 Å². The maximum atomic E-state index is 12.6. The third kappa shape index (κ3) is 4.03. The molecule has 1 aromatic carbocycles. The maximum absolute atomic E-state index is 12.6. The topological polar surface area (TPSA) is 26.3 Å². The van der Waals surface area contributed by atoms with Gasteiger partial charge in [-0.1, -0.05) is 6.07 Å².